The number of pyridine rings is 1. The molecule has 3 rings (SSSR count). The Morgan fingerprint density at radius 1 is 0.947 bits per heavy atom. The summed E-state index contributed by atoms with van der Waals surface area (Å²) in [5, 5.41) is 13.1. The molecular formula is C16H11N3. The molecule has 0 aliphatic rings. The highest BCUT2D eigenvalue weighted by atomic mass is 15.0. The zero-order valence-electron chi connectivity index (χ0n) is 10.2. The summed E-state index contributed by atoms with van der Waals surface area (Å²) >= 11 is 0. The Bertz CT molecular complexity index is 758. The number of hydrogen-bond donors (Lipinski definition) is 1. The van der Waals surface area contributed by atoms with Gasteiger partial charge in [-0.25, -0.2) is 4.98 Å². The number of nitrogens with one attached hydrogen (secondary N) is 1. The highest BCUT2D eigenvalue weighted by Gasteiger charge is 2.00. The van der Waals surface area contributed by atoms with Gasteiger partial charge in [0.1, 0.15) is 5.82 Å². The van der Waals surface area contributed by atoms with Gasteiger partial charge in [-0.1, -0.05) is 18.2 Å². The zero-order valence-corrected chi connectivity index (χ0v) is 10.2. The lowest BCUT2D eigenvalue weighted by Crippen LogP contribution is -1.93. The number of aromatic nitrogens is 1. The Balaban J connectivity index is 1.96. The summed E-state index contributed by atoms with van der Waals surface area (Å²) in [6.45, 7) is 0. The van der Waals surface area contributed by atoms with Crippen molar-refractivity contribution >= 4 is 22.4 Å². The van der Waals surface area contributed by atoms with Gasteiger partial charge in [0.15, 0.2) is 0 Å². The highest BCUT2D eigenvalue weighted by Crippen LogP contribution is 2.19. The van der Waals surface area contributed by atoms with Crippen molar-refractivity contribution in [3.05, 3.63) is 66.2 Å². The van der Waals surface area contributed by atoms with Crippen LogP contribution in [0.2, 0.25) is 0 Å². The molecule has 3 aromatic rings. The maximum Gasteiger partial charge on any atom is 0.131 e. The quantitative estimate of drug-likeness (QED) is 0.746. The van der Waals surface area contributed by atoms with Gasteiger partial charge in [0.05, 0.1) is 17.1 Å². The van der Waals surface area contributed by atoms with Crippen molar-refractivity contribution in [2.24, 2.45) is 0 Å². The second-order valence-corrected chi connectivity index (χ2v) is 4.21. The topological polar surface area (TPSA) is 48.7 Å². The van der Waals surface area contributed by atoms with Crippen LogP contribution < -0.4 is 5.32 Å². The van der Waals surface area contributed by atoms with E-state index in [2.05, 4.69) is 16.4 Å². The third kappa shape index (κ3) is 2.38. The van der Waals surface area contributed by atoms with E-state index in [1.165, 1.54) is 0 Å². The SMILES string of the molecule is N#Cc1ccc2nc(Nc3ccccc3)ccc2c1. The Labute approximate surface area is 111 Å². The van der Waals surface area contributed by atoms with Gasteiger partial charge >= 0.3 is 0 Å². The fourth-order valence-corrected chi connectivity index (χ4v) is 1.93. The Morgan fingerprint density at radius 2 is 1.79 bits per heavy atom. The van der Waals surface area contributed by atoms with E-state index in [1.807, 2.05) is 54.6 Å². The highest BCUT2D eigenvalue weighted by molar-refractivity contribution is 5.82. The summed E-state index contributed by atoms with van der Waals surface area (Å²) in [7, 11) is 0. The molecule has 0 fully saturated rings. The first-order valence-corrected chi connectivity index (χ1v) is 5.98. The van der Waals surface area contributed by atoms with Crippen LogP contribution in [-0.2, 0) is 0 Å². The standard InChI is InChI=1S/C16H11N3/c17-11-12-6-8-15-13(10-12)7-9-16(19-15)18-14-4-2-1-3-5-14/h1-10H,(H,18,19). The smallest absolute Gasteiger partial charge is 0.131 e. The van der Waals surface area contributed by atoms with Crippen molar-refractivity contribution in [2.45, 2.75) is 0 Å². The van der Waals surface area contributed by atoms with Crippen molar-refractivity contribution in [2.75, 3.05) is 5.32 Å². The fraction of sp³-hybridized carbons (Fsp3) is 0. The molecule has 2 aromatic carbocycles. The van der Waals surface area contributed by atoms with Crippen molar-refractivity contribution in [3.8, 4) is 6.07 Å². The molecule has 0 aliphatic carbocycles. The van der Waals surface area contributed by atoms with Crippen LogP contribution in [-0.4, -0.2) is 4.98 Å². The van der Waals surface area contributed by atoms with Crippen molar-refractivity contribution in [3.63, 3.8) is 0 Å². The van der Waals surface area contributed by atoms with Gasteiger partial charge in [-0.2, -0.15) is 5.26 Å². The zero-order chi connectivity index (χ0) is 13.1. The minimum absolute atomic E-state index is 0.651. The van der Waals surface area contributed by atoms with Gasteiger partial charge < -0.3 is 5.32 Å². The number of hydrogen-bond acceptors (Lipinski definition) is 3. The predicted octanol–water partition coefficient (Wildman–Crippen LogP) is 3.85. The van der Waals surface area contributed by atoms with E-state index in [0.717, 1.165) is 22.4 Å². The Morgan fingerprint density at radius 3 is 2.58 bits per heavy atom. The number of benzene rings is 2. The van der Waals surface area contributed by atoms with Crippen LogP contribution in [0.1, 0.15) is 5.56 Å². The lowest BCUT2D eigenvalue weighted by Gasteiger charge is -2.06. The average Bonchev–Trinajstić information content (AvgIpc) is 2.48. The molecule has 0 saturated carbocycles. The van der Waals surface area contributed by atoms with Crippen LogP contribution in [0.4, 0.5) is 11.5 Å². The summed E-state index contributed by atoms with van der Waals surface area (Å²) < 4.78 is 0. The van der Waals surface area contributed by atoms with Gasteiger partial charge in [0.25, 0.3) is 0 Å². The van der Waals surface area contributed by atoms with Crippen LogP contribution in [0.5, 0.6) is 0 Å². The molecular weight excluding hydrogens is 234 g/mol. The first-order chi connectivity index (χ1) is 9.35. The van der Waals surface area contributed by atoms with Crippen LogP contribution >= 0.6 is 0 Å². The molecule has 1 heterocycles. The van der Waals surface area contributed by atoms with Crippen LogP contribution in [0.25, 0.3) is 10.9 Å². The van der Waals surface area contributed by atoms with Gasteiger partial charge in [-0.3, -0.25) is 0 Å². The molecule has 3 nitrogen and oxygen atoms in total. The Hall–Kier alpha value is -2.86. The molecule has 1 N–H and O–H groups in total. The molecule has 0 unspecified atom stereocenters. The third-order valence-electron chi connectivity index (χ3n) is 2.86. The predicted molar refractivity (Wildman–Crippen MR) is 76.2 cm³/mol. The number of anilines is 2. The second-order valence-electron chi connectivity index (χ2n) is 4.21. The van der Waals surface area contributed by atoms with Crippen LogP contribution in [0, 0.1) is 11.3 Å². The van der Waals surface area contributed by atoms with E-state index >= 15 is 0 Å². The number of fused-ring (bicyclic) bond motifs is 1. The minimum atomic E-state index is 0.651. The summed E-state index contributed by atoms with van der Waals surface area (Å²) in [4.78, 5) is 4.53. The molecule has 3 heteroatoms. The van der Waals surface area contributed by atoms with Crippen LogP contribution in [0.3, 0.4) is 0 Å². The first kappa shape index (κ1) is 11.2. The molecule has 0 atom stereocenters. The maximum absolute atomic E-state index is 8.86. The van der Waals surface area contributed by atoms with Gasteiger partial charge in [-0.15, -0.1) is 0 Å². The molecule has 1 aromatic heterocycles. The summed E-state index contributed by atoms with van der Waals surface area (Å²) in [5.74, 6) is 0.795. The maximum atomic E-state index is 8.86. The molecule has 0 radical (unpaired) electrons. The van der Waals surface area contributed by atoms with E-state index < -0.39 is 0 Å². The van der Waals surface area contributed by atoms with Crippen molar-refractivity contribution in [1.29, 1.82) is 5.26 Å². The van der Waals surface area contributed by atoms with E-state index in [-0.39, 0.29) is 0 Å². The van der Waals surface area contributed by atoms with E-state index in [0.29, 0.717) is 5.56 Å². The minimum Gasteiger partial charge on any atom is -0.340 e. The lowest BCUT2D eigenvalue weighted by molar-refractivity contribution is 1.37. The van der Waals surface area contributed by atoms with Gasteiger partial charge in [0.2, 0.25) is 0 Å². The van der Waals surface area contributed by atoms with Crippen molar-refractivity contribution < 1.29 is 0 Å². The number of nitriles is 1. The number of nitrogens with zero attached hydrogens (tertiary/aromatic N) is 2. The molecule has 90 valence electrons. The monoisotopic (exact) mass is 245 g/mol. The molecule has 0 saturated heterocycles. The van der Waals surface area contributed by atoms with Gasteiger partial charge in [0, 0.05) is 11.1 Å². The fourth-order valence-electron chi connectivity index (χ4n) is 1.93. The molecule has 0 amide bonds. The van der Waals surface area contributed by atoms with Crippen LogP contribution in [0.15, 0.2) is 60.7 Å². The molecule has 0 spiro atoms. The lowest BCUT2D eigenvalue weighted by atomic mass is 10.1. The summed E-state index contributed by atoms with van der Waals surface area (Å²) in [5.41, 5.74) is 2.53. The van der Waals surface area contributed by atoms with E-state index in [1.54, 1.807) is 6.07 Å². The Kier molecular flexibility index (Phi) is 2.83. The average molecular weight is 245 g/mol. The van der Waals surface area contributed by atoms with E-state index in [4.69, 9.17) is 5.26 Å². The normalized spacial score (nSPS) is 10.1. The summed E-state index contributed by atoms with van der Waals surface area (Å²) in [6.07, 6.45) is 0. The summed E-state index contributed by atoms with van der Waals surface area (Å²) in [6, 6.07) is 21.4. The van der Waals surface area contributed by atoms with Gasteiger partial charge in [-0.05, 0) is 42.5 Å². The van der Waals surface area contributed by atoms with Crippen molar-refractivity contribution in [1.82, 2.24) is 4.98 Å². The number of rotatable bonds is 2. The second kappa shape index (κ2) is 4.79. The molecule has 0 aliphatic heterocycles. The number of para-hydroxylation sites is 1. The molecule has 0 bridgehead atoms. The first-order valence-electron chi connectivity index (χ1n) is 5.98. The van der Waals surface area contributed by atoms with E-state index in [9.17, 15) is 0 Å². The largest absolute Gasteiger partial charge is 0.340 e. The third-order valence-corrected chi connectivity index (χ3v) is 2.86. The molecule has 19 heavy (non-hydrogen) atoms.